The van der Waals surface area contributed by atoms with Crippen molar-refractivity contribution in [3.63, 3.8) is 0 Å². The number of carbonyl (C=O) groups is 4. The van der Waals surface area contributed by atoms with Crippen molar-refractivity contribution in [3.8, 4) is 0 Å². The number of unbranched alkanes of at least 4 members (excludes halogenated alkanes) is 30. The molecule has 0 radical (unpaired) electrons. The number of carbonyl (C=O) groups excluding carboxylic acids is 4. The van der Waals surface area contributed by atoms with E-state index in [-0.39, 0.29) is 25.7 Å². The van der Waals surface area contributed by atoms with Crippen molar-refractivity contribution in [3.05, 3.63) is 97.2 Å². The standard InChI is InChI=1S/C79H138O17P2/c1-5-9-13-17-21-25-29-33-35-36-38-41-44-48-52-56-60-64-77(82)90-70-74(95-78(83)65-61-57-53-49-45-40-32-28-24-20-16-12-8-4)71-93-97(85,86)91-67-73(80)68-92-98(87,88)94-72-75(69-89-76(81)63-59-55-51-47-43-39-31-27-23-19-15-11-7-3)96-79(84)66-62-58-54-50-46-42-37-34-30-26-22-18-14-10-6-2/h21-22,25-28,31-35,37-38,41,48,52,73-75,80H,5-20,23-24,29-30,36,39-40,42-47,49-51,53-72H2,1-4H3,(H,85,86)(H,87,88)/b25-21-,26-22-,31-27-,32-28-,35-33-,37-34-,41-38-,52-48-/t73-,74+,75+/m0/s1. The van der Waals surface area contributed by atoms with Gasteiger partial charge in [0.1, 0.15) is 19.3 Å². The van der Waals surface area contributed by atoms with Crippen LogP contribution in [0, 0.1) is 0 Å². The highest BCUT2D eigenvalue weighted by Crippen LogP contribution is 2.45. The van der Waals surface area contributed by atoms with Crippen molar-refractivity contribution in [2.24, 2.45) is 0 Å². The first-order chi connectivity index (χ1) is 47.7. The molecule has 2 unspecified atom stereocenters. The van der Waals surface area contributed by atoms with Crippen LogP contribution in [0.5, 0.6) is 0 Å². The molecule has 3 N–H and O–H groups in total. The summed E-state index contributed by atoms with van der Waals surface area (Å²) in [4.78, 5) is 72.8. The number of rotatable bonds is 72. The van der Waals surface area contributed by atoms with Crippen molar-refractivity contribution < 1.29 is 80.2 Å². The van der Waals surface area contributed by atoms with Crippen LogP contribution in [0.3, 0.4) is 0 Å². The zero-order valence-electron chi connectivity index (χ0n) is 61.7. The third-order valence-corrected chi connectivity index (χ3v) is 17.9. The zero-order chi connectivity index (χ0) is 71.8. The Kier molecular flexibility index (Phi) is 68.4. The number of hydrogen-bond acceptors (Lipinski definition) is 15. The zero-order valence-corrected chi connectivity index (χ0v) is 63.5. The first kappa shape index (κ1) is 94.0. The molecule has 0 bridgehead atoms. The topological polar surface area (TPSA) is 237 Å². The summed E-state index contributed by atoms with van der Waals surface area (Å²) < 4.78 is 68.4. The molecule has 98 heavy (non-hydrogen) atoms. The van der Waals surface area contributed by atoms with E-state index in [1.165, 1.54) is 89.9 Å². The number of phosphoric acid groups is 2. The predicted molar refractivity (Wildman–Crippen MR) is 399 cm³/mol. The van der Waals surface area contributed by atoms with Gasteiger partial charge in [-0.25, -0.2) is 9.13 Å². The summed E-state index contributed by atoms with van der Waals surface area (Å²) in [6.07, 6.45) is 74.0. The second-order valence-corrected chi connectivity index (χ2v) is 28.5. The first-order valence-electron chi connectivity index (χ1n) is 38.5. The second kappa shape index (κ2) is 71.4. The Morgan fingerprint density at radius 2 is 0.510 bits per heavy atom. The van der Waals surface area contributed by atoms with E-state index in [1.54, 1.807) is 0 Å². The number of esters is 4. The van der Waals surface area contributed by atoms with Crippen LogP contribution in [0.1, 0.15) is 323 Å². The highest BCUT2D eigenvalue weighted by molar-refractivity contribution is 7.47. The first-order valence-corrected chi connectivity index (χ1v) is 41.5. The van der Waals surface area contributed by atoms with Gasteiger partial charge in [0, 0.05) is 25.7 Å². The molecule has 0 spiro atoms. The molecule has 566 valence electrons. The average molecular weight is 1420 g/mol. The van der Waals surface area contributed by atoms with E-state index in [0.717, 1.165) is 148 Å². The van der Waals surface area contributed by atoms with Gasteiger partial charge in [-0.2, -0.15) is 0 Å². The molecule has 0 rings (SSSR count). The van der Waals surface area contributed by atoms with Gasteiger partial charge in [-0.3, -0.25) is 37.3 Å². The van der Waals surface area contributed by atoms with Gasteiger partial charge >= 0.3 is 39.5 Å². The van der Waals surface area contributed by atoms with Crippen LogP contribution in [0.25, 0.3) is 0 Å². The summed E-state index contributed by atoms with van der Waals surface area (Å²) in [6.45, 7) is 4.71. The molecular formula is C79H138O17P2. The predicted octanol–water partition coefficient (Wildman–Crippen LogP) is 22.0. The van der Waals surface area contributed by atoms with E-state index in [4.69, 9.17) is 37.0 Å². The maximum atomic E-state index is 13.1. The van der Waals surface area contributed by atoms with Crippen LogP contribution in [-0.2, 0) is 65.4 Å². The highest BCUT2D eigenvalue weighted by atomic mass is 31.2. The number of ether oxygens (including phenoxy) is 4. The minimum Gasteiger partial charge on any atom is -0.462 e. The summed E-state index contributed by atoms with van der Waals surface area (Å²) in [7, 11) is -9.97. The molecule has 0 heterocycles. The van der Waals surface area contributed by atoms with Crippen LogP contribution in [0.15, 0.2) is 97.2 Å². The number of aliphatic hydroxyl groups is 1. The summed E-state index contributed by atoms with van der Waals surface area (Å²) >= 11 is 0. The monoisotopic (exact) mass is 1420 g/mol. The Morgan fingerprint density at radius 1 is 0.286 bits per heavy atom. The third kappa shape index (κ3) is 70.4. The van der Waals surface area contributed by atoms with Crippen LogP contribution in [0.4, 0.5) is 0 Å². The molecule has 0 amide bonds. The lowest BCUT2D eigenvalue weighted by Crippen LogP contribution is -2.30. The summed E-state index contributed by atoms with van der Waals surface area (Å²) in [5, 5.41) is 10.6. The SMILES string of the molecule is CCCCC/C=C\C/C=C\C/C=C\C/C=C\CCCC(=O)OC[C@H](COP(=O)(O)OC[C@H](O)COP(=O)(O)OC[C@@H](COC(=O)CCCCCCC/C=C\CCCCCC)OC(=O)CCCCCCC/C=C\C/C=C\CCCCC)OC(=O)CCCCCCC/C=C\CCCCCC. The van der Waals surface area contributed by atoms with E-state index in [2.05, 4.69) is 113 Å². The van der Waals surface area contributed by atoms with Crippen LogP contribution >= 0.6 is 15.6 Å². The third-order valence-electron chi connectivity index (χ3n) is 16.0. The molecular weight excluding hydrogens is 1280 g/mol. The molecule has 17 nitrogen and oxygen atoms in total. The van der Waals surface area contributed by atoms with Gasteiger partial charge in [0.25, 0.3) is 0 Å². The summed E-state index contributed by atoms with van der Waals surface area (Å²) in [5.41, 5.74) is 0. The molecule has 19 heteroatoms. The summed E-state index contributed by atoms with van der Waals surface area (Å²) in [5.74, 6) is -2.26. The quantitative estimate of drug-likeness (QED) is 0.0169. The van der Waals surface area contributed by atoms with Crippen molar-refractivity contribution in [2.45, 2.75) is 341 Å². The molecule has 0 fully saturated rings. The maximum Gasteiger partial charge on any atom is 0.472 e. The van der Waals surface area contributed by atoms with Gasteiger partial charge in [-0.1, -0.05) is 247 Å². The van der Waals surface area contributed by atoms with Crippen molar-refractivity contribution in [2.75, 3.05) is 39.6 Å². The Hall–Kier alpha value is -4.02. The molecule has 0 saturated heterocycles. The molecule has 0 saturated carbocycles. The van der Waals surface area contributed by atoms with Gasteiger partial charge in [-0.05, 0) is 148 Å². The van der Waals surface area contributed by atoms with Crippen molar-refractivity contribution in [1.82, 2.24) is 0 Å². The number of aliphatic hydroxyl groups excluding tert-OH is 1. The Labute approximate surface area is 595 Å². The minimum atomic E-state index is -4.99. The number of hydrogen-bond donors (Lipinski definition) is 3. The van der Waals surface area contributed by atoms with Gasteiger partial charge in [0.05, 0.1) is 26.4 Å². The van der Waals surface area contributed by atoms with E-state index in [9.17, 15) is 43.2 Å². The maximum absolute atomic E-state index is 13.1. The van der Waals surface area contributed by atoms with Crippen LogP contribution < -0.4 is 0 Å². The summed E-state index contributed by atoms with van der Waals surface area (Å²) in [6, 6.07) is 0. The van der Waals surface area contributed by atoms with Gasteiger partial charge in [0.2, 0.25) is 0 Å². The molecule has 0 aliphatic carbocycles. The average Bonchev–Trinajstić information content (AvgIpc) is 0.962. The lowest BCUT2D eigenvalue weighted by molar-refractivity contribution is -0.161. The highest BCUT2D eigenvalue weighted by Gasteiger charge is 2.30. The number of phosphoric ester groups is 2. The molecule has 0 aliphatic rings. The largest absolute Gasteiger partial charge is 0.472 e. The van der Waals surface area contributed by atoms with Crippen molar-refractivity contribution in [1.29, 1.82) is 0 Å². The lowest BCUT2D eigenvalue weighted by Gasteiger charge is -2.21. The molecule has 0 aromatic heterocycles. The smallest absolute Gasteiger partial charge is 0.462 e. The molecule has 0 aromatic rings. The Bertz CT molecular complexity index is 2240. The van der Waals surface area contributed by atoms with E-state index in [1.807, 2.05) is 12.2 Å². The fourth-order valence-electron chi connectivity index (χ4n) is 10.1. The van der Waals surface area contributed by atoms with E-state index >= 15 is 0 Å². The second-order valence-electron chi connectivity index (χ2n) is 25.6. The van der Waals surface area contributed by atoms with Crippen LogP contribution in [-0.4, -0.2) is 96.7 Å². The minimum absolute atomic E-state index is 0.0730. The van der Waals surface area contributed by atoms with E-state index in [0.29, 0.717) is 32.1 Å². The van der Waals surface area contributed by atoms with E-state index < -0.39 is 97.5 Å². The Balaban J connectivity index is 5.40. The van der Waals surface area contributed by atoms with Gasteiger partial charge in [-0.15, -0.1) is 0 Å². The molecule has 0 aliphatic heterocycles. The van der Waals surface area contributed by atoms with Gasteiger partial charge in [0.15, 0.2) is 12.2 Å². The lowest BCUT2D eigenvalue weighted by atomic mass is 10.1. The molecule has 0 aromatic carbocycles. The fourth-order valence-corrected chi connectivity index (χ4v) is 11.6. The van der Waals surface area contributed by atoms with Crippen molar-refractivity contribution >= 4 is 39.5 Å². The van der Waals surface area contributed by atoms with Crippen LogP contribution in [0.2, 0.25) is 0 Å². The number of allylic oxidation sites excluding steroid dienone is 16. The van der Waals surface area contributed by atoms with Gasteiger partial charge < -0.3 is 33.8 Å². The normalized spacial score (nSPS) is 14.5. The molecule has 5 atom stereocenters. The fraction of sp³-hybridized carbons (Fsp3) is 0.747. The Morgan fingerprint density at radius 3 is 0.837 bits per heavy atom.